The number of oxime groups is 1. The highest BCUT2D eigenvalue weighted by Gasteiger charge is 2.30. The van der Waals surface area contributed by atoms with Gasteiger partial charge < -0.3 is 16.3 Å². The van der Waals surface area contributed by atoms with Crippen molar-refractivity contribution < 1.29 is 23.2 Å². The van der Waals surface area contributed by atoms with Gasteiger partial charge in [0.2, 0.25) is 5.91 Å². The summed E-state index contributed by atoms with van der Waals surface area (Å²) in [6.45, 7) is 0.108. The van der Waals surface area contributed by atoms with Gasteiger partial charge in [-0.1, -0.05) is 12.1 Å². The van der Waals surface area contributed by atoms with Crippen LogP contribution in [0.4, 0.5) is 13.2 Å². The van der Waals surface area contributed by atoms with Crippen LogP contribution in [0.1, 0.15) is 13.3 Å². The zero-order valence-corrected chi connectivity index (χ0v) is 8.01. The number of hydrogen-bond donors (Lipinski definition) is 3. The molecule has 88 valence electrons. The molecule has 0 aliphatic heterocycles. The average Bonchev–Trinajstić information content (AvgIpc) is 2.14. The van der Waals surface area contributed by atoms with Gasteiger partial charge in [0.15, 0.2) is 5.84 Å². The summed E-state index contributed by atoms with van der Waals surface area (Å²) in [7, 11) is 0. The number of nitrogens with zero attached hydrogens (tertiary/aromatic N) is 1. The Kier molecular flexibility index (Phi) is 4.89. The molecule has 1 atom stereocenters. The van der Waals surface area contributed by atoms with E-state index in [2.05, 4.69) is 5.16 Å². The molecule has 0 rings (SSSR count). The van der Waals surface area contributed by atoms with Crippen molar-refractivity contribution in [1.82, 2.24) is 5.32 Å². The molecule has 0 aromatic rings. The van der Waals surface area contributed by atoms with Gasteiger partial charge in [-0.2, -0.15) is 13.2 Å². The number of nitrogens with two attached hydrogens (primary N) is 1. The summed E-state index contributed by atoms with van der Waals surface area (Å²) in [6, 6.07) is 0. The highest BCUT2D eigenvalue weighted by molar-refractivity contribution is 6.01. The lowest BCUT2D eigenvalue weighted by Gasteiger charge is -2.14. The van der Waals surface area contributed by atoms with Crippen LogP contribution in [0, 0.1) is 5.92 Å². The van der Waals surface area contributed by atoms with Crippen LogP contribution in [0.2, 0.25) is 0 Å². The third-order valence-electron chi connectivity index (χ3n) is 1.66. The van der Waals surface area contributed by atoms with Crippen LogP contribution in [0.3, 0.4) is 0 Å². The first kappa shape index (κ1) is 13.5. The van der Waals surface area contributed by atoms with Crippen molar-refractivity contribution in [3.63, 3.8) is 0 Å². The quantitative estimate of drug-likeness (QED) is 0.282. The smallest absolute Gasteiger partial charge is 0.405 e. The molecule has 8 heteroatoms. The molecule has 0 aromatic carbocycles. The number of halogens is 3. The first-order chi connectivity index (χ1) is 6.81. The average molecular weight is 227 g/mol. The summed E-state index contributed by atoms with van der Waals surface area (Å²) >= 11 is 0. The first-order valence-electron chi connectivity index (χ1n) is 4.13. The van der Waals surface area contributed by atoms with E-state index in [0.717, 1.165) is 0 Å². The standard InChI is InChI=1S/C7H12F3N3O2/c1-2-4(5(11)13-15)6(14)12-3-7(8,9)10/h4,15H,2-3H2,1H3,(H2,11,13)(H,12,14). The van der Waals surface area contributed by atoms with Crippen molar-refractivity contribution >= 4 is 11.7 Å². The van der Waals surface area contributed by atoms with Gasteiger partial charge in [-0.15, -0.1) is 0 Å². The van der Waals surface area contributed by atoms with Gasteiger partial charge >= 0.3 is 6.18 Å². The number of hydrogen-bond acceptors (Lipinski definition) is 3. The van der Waals surface area contributed by atoms with Crippen LogP contribution < -0.4 is 11.1 Å². The van der Waals surface area contributed by atoms with Gasteiger partial charge in [0.1, 0.15) is 6.54 Å². The number of carbonyl (C=O) groups excluding carboxylic acids is 1. The van der Waals surface area contributed by atoms with E-state index >= 15 is 0 Å². The largest absolute Gasteiger partial charge is 0.409 e. The second-order valence-corrected chi connectivity index (χ2v) is 2.82. The lowest BCUT2D eigenvalue weighted by atomic mass is 10.1. The minimum Gasteiger partial charge on any atom is -0.409 e. The lowest BCUT2D eigenvalue weighted by Crippen LogP contribution is -2.42. The van der Waals surface area contributed by atoms with Gasteiger partial charge in [0, 0.05) is 0 Å². The molecule has 0 bridgehead atoms. The highest BCUT2D eigenvalue weighted by atomic mass is 19.4. The van der Waals surface area contributed by atoms with E-state index < -0.39 is 30.4 Å². The fraction of sp³-hybridized carbons (Fsp3) is 0.714. The molecule has 1 amide bonds. The van der Waals surface area contributed by atoms with Crippen LogP contribution in [0.15, 0.2) is 5.16 Å². The van der Waals surface area contributed by atoms with E-state index in [9.17, 15) is 18.0 Å². The van der Waals surface area contributed by atoms with Gasteiger partial charge in [-0.25, -0.2) is 0 Å². The Hall–Kier alpha value is -1.47. The van der Waals surface area contributed by atoms with E-state index in [0.29, 0.717) is 0 Å². The zero-order valence-electron chi connectivity index (χ0n) is 8.01. The summed E-state index contributed by atoms with van der Waals surface area (Å²) in [5.74, 6) is -2.36. The van der Waals surface area contributed by atoms with Crippen molar-refractivity contribution in [2.24, 2.45) is 16.8 Å². The third kappa shape index (κ3) is 5.08. The Morgan fingerprint density at radius 2 is 2.13 bits per heavy atom. The molecule has 0 aromatic heterocycles. The fourth-order valence-corrected chi connectivity index (χ4v) is 0.909. The zero-order chi connectivity index (χ0) is 12.1. The fourth-order valence-electron chi connectivity index (χ4n) is 0.909. The second-order valence-electron chi connectivity index (χ2n) is 2.82. The van der Waals surface area contributed by atoms with Crippen molar-refractivity contribution in [2.45, 2.75) is 19.5 Å². The second kappa shape index (κ2) is 5.42. The van der Waals surface area contributed by atoms with Gasteiger partial charge in [0.25, 0.3) is 0 Å². The summed E-state index contributed by atoms with van der Waals surface area (Å²) in [6.07, 6.45) is -4.32. The van der Waals surface area contributed by atoms with E-state index in [1.54, 1.807) is 5.32 Å². The Balaban J connectivity index is 4.30. The summed E-state index contributed by atoms with van der Waals surface area (Å²) in [5.41, 5.74) is 5.13. The molecule has 0 aliphatic rings. The number of alkyl halides is 3. The van der Waals surface area contributed by atoms with Crippen LogP contribution in [0.5, 0.6) is 0 Å². The van der Waals surface area contributed by atoms with E-state index in [4.69, 9.17) is 10.9 Å². The first-order valence-corrected chi connectivity index (χ1v) is 4.13. The Morgan fingerprint density at radius 1 is 1.60 bits per heavy atom. The number of amides is 1. The van der Waals surface area contributed by atoms with Crippen molar-refractivity contribution in [3.8, 4) is 0 Å². The van der Waals surface area contributed by atoms with E-state index in [1.807, 2.05) is 0 Å². The molecule has 0 fully saturated rings. The monoisotopic (exact) mass is 227 g/mol. The van der Waals surface area contributed by atoms with Crippen LogP contribution in [-0.4, -0.2) is 29.7 Å². The maximum absolute atomic E-state index is 11.7. The molecular weight excluding hydrogens is 215 g/mol. The van der Waals surface area contributed by atoms with Crippen molar-refractivity contribution in [3.05, 3.63) is 0 Å². The molecule has 0 aliphatic carbocycles. The van der Waals surface area contributed by atoms with Crippen LogP contribution in [-0.2, 0) is 4.79 Å². The predicted octanol–water partition coefficient (Wildman–Crippen LogP) is 0.437. The normalized spacial score (nSPS) is 14.8. The molecule has 0 saturated carbocycles. The molecule has 5 nitrogen and oxygen atoms in total. The highest BCUT2D eigenvalue weighted by Crippen LogP contribution is 2.13. The SMILES string of the molecule is CCC(C(=O)NCC(F)(F)F)C(N)=NO. The van der Waals surface area contributed by atoms with Gasteiger partial charge in [-0.3, -0.25) is 4.79 Å². The molecule has 0 saturated heterocycles. The molecule has 0 spiro atoms. The predicted molar refractivity (Wildman–Crippen MR) is 46.3 cm³/mol. The Morgan fingerprint density at radius 3 is 2.47 bits per heavy atom. The molecular formula is C7H12F3N3O2. The maximum atomic E-state index is 11.7. The summed E-state index contributed by atoms with van der Waals surface area (Å²) < 4.78 is 35.2. The minimum atomic E-state index is -4.47. The summed E-state index contributed by atoms with van der Waals surface area (Å²) in [4.78, 5) is 11.1. The van der Waals surface area contributed by atoms with Crippen molar-refractivity contribution in [2.75, 3.05) is 6.54 Å². The topological polar surface area (TPSA) is 87.7 Å². The lowest BCUT2D eigenvalue weighted by molar-refractivity contribution is -0.139. The molecule has 1 unspecified atom stereocenters. The number of rotatable bonds is 4. The molecule has 0 radical (unpaired) electrons. The number of amidine groups is 1. The third-order valence-corrected chi connectivity index (χ3v) is 1.66. The van der Waals surface area contributed by atoms with E-state index in [1.165, 1.54) is 6.92 Å². The molecule has 4 N–H and O–H groups in total. The van der Waals surface area contributed by atoms with Crippen LogP contribution in [0.25, 0.3) is 0 Å². The Bertz CT molecular complexity index is 252. The van der Waals surface area contributed by atoms with Crippen molar-refractivity contribution in [1.29, 1.82) is 0 Å². The molecule has 0 heterocycles. The molecule has 15 heavy (non-hydrogen) atoms. The summed E-state index contributed by atoms with van der Waals surface area (Å²) in [5, 5.41) is 12.5. The maximum Gasteiger partial charge on any atom is 0.405 e. The van der Waals surface area contributed by atoms with Gasteiger partial charge in [-0.05, 0) is 6.42 Å². The number of nitrogens with one attached hydrogen (secondary N) is 1. The number of carbonyl (C=O) groups is 1. The van der Waals surface area contributed by atoms with E-state index in [-0.39, 0.29) is 6.42 Å². The van der Waals surface area contributed by atoms with Gasteiger partial charge in [0.05, 0.1) is 5.92 Å². The van der Waals surface area contributed by atoms with Crippen LogP contribution >= 0.6 is 0 Å². The minimum absolute atomic E-state index is 0.152. The Labute approximate surface area is 84.1 Å².